The van der Waals surface area contributed by atoms with Crippen LogP contribution < -0.4 is 0 Å². The van der Waals surface area contributed by atoms with Crippen LogP contribution in [0.5, 0.6) is 0 Å². The summed E-state index contributed by atoms with van der Waals surface area (Å²) in [6.07, 6.45) is 33.6. The summed E-state index contributed by atoms with van der Waals surface area (Å²) in [6, 6.07) is 0. The monoisotopic (exact) mass is 572 g/mol. The van der Waals surface area contributed by atoms with Crippen molar-refractivity contribution in [1.29, 1.82) is 0 Å². The van der Waals surface area contributed by atoms with Crippen LogP contribution in [0.2, 0.25) is 0 Å². The molecular formula is C40H60O2. The molecule has 6 atom stereocenters. The van der Waals surface area contributed by atoms with Gasteiger partial charge in [-0.05, 0) is 87.9 Å². The SMILES string of the molecule is CC(/C=C/C=C(C)/C=C/C1C(C)C[C@@H](O)CC1(C)C)=C\C=C\C=C(C)\C=C\C=C(C)\C=C\[C@H]1C(C)C[C@H](O)CC1(C)C. The first kappa shape index (κ1) is 35.8. The maximum absolute atomic E-state index is 10.1. The Morgan fingerprint density at radius 2 is 0.833 bits per heavy atom. The van der Waals surface area contributed by atoms with E-state index in [0.717, 1.165) is 25.7 Å². The average Bonchev–Trinajstić information content (AvgIpc) is 2.84. The van der Waals surface area contributed by atoms with Crippen molar-refractivity contribution in [3.8, 4) is 0 Å². The molecule has 2 aliphatic carbocycles. The molecule has 232 valence electrons. The van der Waals surface area contributed by atoms with Gasteiger partial charge in [0.25, 0.3) is 0 Å². The minimum atomic E-state index is -0.167. The molecule has 2 fully saturated rings. The lowest BCUT2D eigenvalue weighted by Crippen LogP contribution is -2.38. The Kier molecular flexibility index (Phi) is 14.0. The fourth-order valence-electron chi connectivity index (χ4n) is 7.10. The molecule has 0 aromatic heterocycles. The Hall–Kier alpha value is -2.42. The zero-order chi connectivity index (χ0) is 31.5. The molecule has 2 nitrogen and oxygen atoms in total. The van der Waals surface area contributed by atoms with Crippen molar-refractivity contribution >= 4 is 0 Å². The minimum Gasteiger partial charge on any atom is -0.393 e. The highest BCUT2D eigenvalue weighted by Gasteiger charge is 2.39. The summed E-state index contributed by atoms with van der Waals surface area (Å²) in [6.45, 7) is 22.2. The average molecular weight is 573 g/mol. The number of hydrogen-bond donors (Lipinski definition) is 2. The summed E-state index contributed by atoms with van der Waals surface area (Å²) in [5.41, 5.74) is 5.13. The molecule has 2 heteroatoms. The predicted molar refractivity (Wildman–Crippen MR) is 184 cm³/mol. The van der Waals surface area contributed by atoms with E-state index in [2.05, 4.69) is 154 Å². The van der Waals surface area contributed by atoms with Crippen LogP contribution in [0.25, 0.3) is 0 Å². The van der Waals surface area contributed by atoms with E-state index in [9.17, 15) is 10.2 Å². The van der Waals surface area contributed by atoms with E-state index in [1.54, 1.807) is 0 Å². The van der Waals surface area contributed by atoms with Crippen LogP contribution in [-0.4, -0.2) is 22.4 Å². The molecule has 2 saturated carbocycles. The first-order chi connectivity index (χ1) is 19.6. The largest absolute Gasteiger partial charge is 0.393 e. The van der Waals surface area contributed by atoms with Crippen LogP contribution in [0.4, 0.5) is 0 Å². The Balaban J connectivity index is 1.86. The van der Waals surface area contributed by atoms with Gasteiger partial charge in [0.05, 0.1) is 12.2 Å². The zero-order valence-electron chi connectivity index (χ0n) is 28.3. The second-order valence-corrected chi connectivity index (χ2v) is 14.6. The Labute approximate surface area is 258 Å². The maximum atomic E-state index is 10.1. The number of hydrogen-bond acceptors (Lipinski definition) is 2. The molecule has 2 rings (SSSR count). The third-order valence-corrected chi connectivity index (χ3v) is 9.24. The minimum absolute atomic E-state index is 0.127. The summed E-state index contributed by atoms with van der Waals surface area (Å²) in [7, 11) is 0. The maximum Gasteiger partial charge on any atom is 0.0548 e. The second kappa shape index (κ2) is 16.4. The lowest BCUT2D eigenvalue weighted by atomic mass is 9.63. The fraction of sp³-hybridized carbons (Fsp3) is 0.550. The smallest absolute Gasteiger partial charge is 0.0548 e. The quantitative estimate of drug-likeness (QED) is 0.256. The highest BCUT2D eigenvalue weighted by atomic mass is 16.3. The van der Waals surface area contributed by atoms with Gasteiger partial charge in [0.15, 0.2) is 0 Å². The van der Waals surface area contributed by atoms with Gasteiger partial charge in [-0.15, -0.1) is 0 Å². The third-order valence-electron chi connectivity index (χ3n) is 9.24. The van der Waals surface area contributed by atoms with E-state index in [-0.39, 0.29) is 23.0 Å². The van der Waals surface area contributed by atoms with Gasteiger partial charge in [-0.3, -0.25) is 0 Å². The molecule has 0 radical (unpaired) electrons. The molecule has 2 aliphatic rings. The molecule has 0 aromatic carbocycles. The Bertz CT molecular complexity index is 1050. The number of rotatable bonds is 10. The van der Waals surface area contributed by atoms with Crippen molar-refractivity contribution in [2.24, 2.45) is 34.5 Å². The van der Waals surface area contributed by atoms with Crippen LogP contribution in [0.3, 0.4) is 0 Å². The van der Waals surface area contributed by atoms with Crippen molar-refractivity contribution < 1.29 is 10.2 Å². The molecule has 0 bridgehead atoms. The van der Waals surface area contributed by atoms with Crippen molar-refractivity contribution in [2.75, 3.05) is 0 Å². The summed E-state index contributed by atoms with van der Waals surface area (Å²) in [5, 5.41) is 20.3. The molecule has 42 heavy (non-hydrogen) atoms. The van der Waals surface area contributed by atoms with Crippen molar-refractivity contribution in [1.82, 2.24) is 0 Å². The molecule has 0 aromatic rings. The molecule has 3 unspecified atom stereocenters. The van der Waals surface area contributed by atoms with Gasteiger partial charge < -0.3 is 10.2 Å². The molecule has 0 saturated heterocycles. The van der Waals surface area contributed by atoms with Gasteiger partial charge in [0, 0.05) is 0 Å². The second-order valence-electron chi connectivity index (χ2n) is 14.6. The highest BCUT2D eigenvalue weighted by molar-refractivity contribution is 5.32. The van der Waals surface area contributed by atoms with E-state index in [1.807, 2.05) is 0 Å². The molecule has 0 amide bonds. The van der Waals surface area contributed by atoms with Gasteiger partial charge >= 0.3 is 0 Å². The molecule has 0 spiro atoms. The van der Waals surface area contributed by atoms with Gasteiger partial charge in [-0.1, -0.05) is 149 Å². The van der Waals surface area contributed by atoms with Gasteiger partial charge in [0.2, 0.25) is 0 Å². The fourth-order valence-corrected chi connectivity index (χ4v) is 7.10. The van der Waals surface area contributed by atoms with E-state index < -0.39 is 0 Å². The summed E-state index contributed by atoms with van der Waals surface area (Å²) in [5.74, 6) is 1.97. The molecule has 0 heterocycles. The van der Waals surface area contributed by atoms with Crippen LogP contribution in [0, 0.1) is 34.5 Å². The van der Waals surface area contributed by atoms with E-state index in [4.69, 9.17) is 0 Å². The van der Waals surface area contributed by atoms with Gasteiger partial charge in [-0.2, -0.15) is 0 Å². The van der Waals surface area contributed by atoms with Crippen molar-refractivity contribution in [3.05, 3.63) is 107 Å². The van der Waals surface area contributed by atoms with Crippen LogP contribution in [-0.2, 0) is 0 Å². The van der Waals surface area contributed by atoms with Crippen LogP contribution in [0.15, 0.2) is 107 Å². The number of aliphatic hydroxyl groups is 2. The first-order valence-corrected chi connectivity index (χ1v) is 16.0. The topological polar surface area (TPSA) is 40.5 Å². The highest BCUT2D eigenvalue weighted by Crippen LogP contribution is 2.45. The van der Waals surface area contributed by atoms with Crippen molar-refractivity contribution in [3.63, 3.8) is 0 Å². The lowest BCUT2D eigenvalue weighted by Gasteiger charge is -2.43. The standard InChI is InChI=1S/C40H60O2/c1-29(17-13-19-31(3)21-23-37-33(5)25-35(41)27-39(37,7)8)15-11-12-16-30(2)18-14-20-32(4)22-24-38-34(6)26-36(42)28-40(38,9)10/h11-24,33-38,41-42H,25-28H2,1-10H3/b12-11+,17-13+,18-14+,23-21+,24-22+,29-15+,30-16+,31-19+,32-20+/t33?,34?,35-,36+,37-,38?/m0/s1. The van der Waals surface area contributed by atoms with Crippen LogP contribution in [0.1, 0.15) is 94.9 Å². The summed E-state index contributed by atoms with van der Waals surface area (Å²) < 4.78 is 0. The predicted octanol–water partition coefficient (Wildman–Crippen LogP) is 10.4. The number of allylic oxidation sites excluding steroid dienone is 18. The van der Waals surface area contributed by atoms with E-state index >= 15 is 0 Å². The van der Waals surface area contributed by atoms with Gasteiger partial charge in [0.1, 0.15) is 0 Å². The molecular weight excluding hydrogens is 512 g/mol. The molecule has 0 aliphatic heterocycles. The zero-order valence-corrected chi connectivity index (χ0v) is 28.3. The van der Waals surface area contributed by atoms with E-state index in [0.29, 0.717) is 23.7 Å². The first-order valence-electron chi connectivity index (χ1n) is 16.0. The van der Waals surface area contributed by atoms with Crippen molar-refractivity contribution in [2.45, 2.75) is 107 Å². The summed E-state index contributed by atoms with van der Waals surface area (Å²) in [4.78, 5) is 0. The summed E-state index contributed by atoms with van der Waals surface area (Å²) >= 11 is 0. The van der Waals surface area contributed by atoms with Gasteiger partial charge in [-0.25, -0.2) is 0 Å². The Morgan fingerprint density at radius 3 is 1.17 bits per heavy atom. The molecule has 2 N–H and O–H groups in total. The van der Waals surface area contributed by atoms with Crippen LogP contribution >= 0.6 is 0 Å². The normalized spacial score (nSPS) is 31.9. The third kappa shape index (κ3) is 12.1. The Morgan fingerprint density at radius 1 is 0.524 bits per heavy atom. The van der Waals surface area contributed by atoms with E-state index in [1.165, 1.54) is 22.3 Å². The number of aliphatic hydroxyl groups excluding tert-OH is 2. The lowest BCUT2D eigenvalue weighted by molar-refractivity contribution is 0.00726.